The SMILES string of the molecule is NC(c1ccsc1)c1cnccc1C(F)(F)F. The lowest BCUT2D eigenvalue weighted by Crippen LogP contribution is -2.18. The molecule has 2 rings (SSSR count). The number of hydrogen-bond acceptors (Lipinski definition) is 3. The first-order chi connectivity index (χ1) is 8.00. The van der Waals surface area contributed by atoms with Crippen LogP contribution in [0.5, 0.6) is 0 Å². The minimum absolute atomic E-state index is 0.00148. The number of hydrogen-bond donors (Lipinski definition) is 1. The number of nitrogens with two attached hydrogens (primary N) is 1. The van der Waals surface area contributed by atoms with Crippen LogP contribution in [0.15, 0.2) is 35.3 Å². The van der Waals surface area contributed by atoms with E-state index in [-0.39, 0.29) is 5.56 Å². The van der Waals surface area contributed by atoms with Crippen LogP contribution < -0.4 is 5.73 Å². The standard InChI is InChI=1S/C11H9F3N2S/c12-11(13,14)9-1-3-16-5-8(9)10(15)7-2-4-17-6-7/h1-6,10H,15H2. The highest BCUT2D eigenvalue weighted by Gasteiger charge is 2.34. The number of alkyl halides is 3. The maximum absolute atomic E-state index is 12.8. The average Bonchev–Trinajstić information content (AvgIpc) is 2.80. The Morgan fingerprint density at radius 2 is 2.06 bits per heavy atom. The van der Waals surface area contributed by atoms with Gasteiger partial charge in [0.25, 0.3) is 0 Å². The summed E-state index contributed by atoms with van der Waals surface area (Å²) in [5.74, 6) is 0. The molecule has 0 saturated heterocycles. The minimum Gasteiger partial charge on any atom is -0.320 e. The Hall–Kier alpha value is -1.40. The van der Waals surface area contributed by atoms with Gasteiger partial charge in [-0.3, -0.25) is 4.98 Å². The second kappa shape index (κ2) is 4.46. The summed E-state index contributed by atoms with van der Waals surface area (Å²) in [7, 11) is 0. The third-order valence-electron chi connectivity index (χ3n) is 2.39. The third-order valence-corrected chi connectivity index (χ3v) is 3.10. The lowest BCUT2D eigenvalue weighted by molar-refractivity contribution is -0.138. The number of thiophene rings is 1. The molecule has 2 aromatic heterocycles. The molecule has 1 unspecified atom stereocenters. The Morgan fingerprint density at radius 1 is 1.29 bits per heavy atom. The average molecular weight is 258 g/mol. The van der Waals surface area contributed by atoms with E-state index in [9.17, 15) is 13.2 Å². The smallest absolute Gasteiger partial charge is 0.320 e. The zero-order valence-corrected chi connectivity index (χ0v) is 9.42. The van der Waals surface area contributed by atoms with Gasteiger partial charge in [-0.05, 0) is 28.5 Å². The van der Waals surface area contributed by atoms with Gasteiger partial charge in [0.05, 0.1) is 11.6 Å². The molecule has 0 radical (unpaired) electrons. The summed E-state index contributed by atoms with van der Waals surface area (Å²) >= 11 is 1.39. The molecule has 0 aromatic carbocycles. The molecular weight excluding hydrogens is 249 g/mol. The number of nitrogens with zero attached hydrogens (tertiary/aromatic N) is 1. The van der Waals surface area contributed by atoms with Crippen molar-refractivity contribution >= 4 is 11.3 Å². The largest absolute Gasteiger partial charge is 0.416 e. The van der Waals surface area contributed by atoms with Gasteiger partial charge in [-0.25, -0.2) is 0 Å². The molecule has 0 fully saturated rings. The highest BCUT2D eigenvalue weighted by Crippen LogP contribution is 2.35. The van der Waals surface area contributed by atoms with Crippen molar-refractivity contribution in [1.29, 1.82) is 0 Å². The summed E-state index contributed by atoms with van der Waals surface area (Å²) in [6.45, 7) is 0. The molecule has 0 spiro atoms. The fourth-order valence-corrected chi connectivity index (χ4v) is 2.24. The van der Waals surface area contributed by atoms with Gasteiger partial charge in [0.1, 0.15) is 0 Å². The van der Waals surface area contributed by atoms with Crippen LogP contribution >= 0.6 is 11.3 Å². The summed E-state index contributed by atoms with van der Waals surface area (Å²) in [6.07, 6.45) is -2.12. The van der Waals surface area contributed by atoms with Crippen LogP contribution in [0.2, 0.25) is 0 Å². The van der Waals surface area contributed by atoms with Gasteiger partial charge in [0.2, 0.25) is 0 Å². The first-order valence-corrected chi connectivity index (χ1v) is 5.73. The van der Waals surface area contributed by atoms with E-state index < -0.39 is 17.8 Å². The Kier molecular flexibility index (Phi) is 3.17. The van der Waals surface area contributed by atoms with Crippen molar-refractivity contribution in [2.24, 2.45) is 5.73 Å². The molecule has 1 atom stereocenters. The normalized spacial score (nSPS) is 13.6. The highest BCUT2D eigenvalue weighted by atomic mass is 32.1. The lowest BCUT2D eigenvalue weighted by atomic mass is 9.99. The topological polar surface area (TPSA) is 38.9 Å². The van der Waals surface area contributed by atoms with Gasteiger partial charge in [-0.1, -0.05) is 0 Å². The molecular formula is C11H9F3N2S. The van der Waals surface area contributed by atoms with Crippen molar-refractivity contribution in [3.05, 3.63) is 52.0 Å². The van der Waals surface area contributed by atoms with Crippen LogP contribution in [0.3, 0.4) is 0 Å². The monoisotopic (exact) mass is 258 g/mol. The molecule has 90 valence electrons. The number of aromatic nitrogens is 1. The predicted octanol–water partition coefficient (Wildman–Crippen LogP) is 3.21. The fraction of sp³-hybridized carbons (Fsp3) is 0.182. The van der Waals surface area contributed by atoms with Crippen LogP contribution in [0, 0.1) is 0 Å². The molecule has 0 amide bonds. The van der Waals surface area contributed by atoms with Crippen molar-refractivity contribution in [2.45, 2.75) is 12.2 Å². The number of rotatable bonds is 2. The first kappa shape index (κ1) is 12.1. The molecule has 0 bridgehead atoms. The number of pyridine rings is 1. The van der Waals surface area contributed by atoms with Gasteiger partial charge in [0, 0.05) is 18.0 Å². The zero-order valence-electron chi connectivity index (χ0n) is 8.61. The second-order valence-corrected chi connectivity index (χ2v) is 4.28. The van der Waals surface area contributed by atoms with E-state index in [1.807, 2.05) is 0 Å². The fourth-order valence-electron chi connectivity index (χ4n) is 1.54. The van der Waals surface area contributed by atoms with Gasteiger partial charge >= 0.3 is 6.18 Å². The van der Waals surface area contributed by atoms with E-state index in [0.29, 0.717) is 5.56 Å². The van der Waals surface area contributed by atoms with Gasteiger partial charge in [-0.2, -0.15) is 24.5 Å². The maximum atomic E-state index is 12.8. The second-order valence-electron chi connectivity index (χ2n) is 3.50. The Balaban J connectivity index is 2.46. The summed E-state index contributed by atoms with van der Waals surface area (Å²) < 4.78 is 38.3. The lowest BCUT2D eigenvalue weighted by Gasteiger charge is -2.16. The van der Waals surface area contributed by atoms with E-state index in [0.717, 1.165) is 12.3 Å². The van der Waals surface area contributed by atoms with Crippen LogP contribution in [0.25, 0.3) is 0 Å². The Labute approximate surface area is 99.9 Å². The van der Waals surface area contributed by atoms with Crippen molar-refractivity contribution in [3.8, 4) is 0 Å². The van der Waals surface area contributed by atoms with Crippen LogP contribution in [0.1, 0.15) is 22.7 Å². The van der Waals surface area contributed by atoms with Crippen LogP contribution in [-0.4, -0.2) is 4.98 Å². The molecule has 0 aliphatic rings. The van der Waals surface area contributed by atoms with Crippen LogP contribution in [-0.2, 0) is 6.18 Å². The summed E-state index contributed by atoms with van der Waals surface area (Å²) in [5, 5.41) is 3.51. The third kappa shape index (κ3) is 2.48. The summed E-state index contributed by atoms with van der Waals surface area (Å²) in [5.41, 5.74) is 5.75. The quantitative estimate of drug-likeness (QED) is 0.898. The molecule has 2 heterocycles. The van der Waals surface area contributed by atoms with Crippen molar-refractivity contribution in [1.82, 2.24) is 4.98 Å². The molecule has 2 nitrogen and oxygen atoms in total. The zero-order chi connectivity index (χ0) is 12.5. The van der Waals surface area contributed by atoms with Gasteiger partial charge in [-0.15, -0.1) is 0 Å². The molecule has 0 aliphatic heterocycles. The molecule has 6 heteroatoms. The minimum atomic E-state index is -4.41. The van der Waals surface area contributed by atoms with E-state index >= 15 is 0 Å². The van der Waals surface area contributed by atoms with E-state index in [2.05, 4.69) is 4.98 Å². The highest BCUT2D eigenvalue weighted by molar-refractivity contribution is 7.08. The van der Waals surface area contributed by atoms with Crippen molar-refractivity contribution < 1.29 is 13.2 Å². The Bertz CT molecular complexity index is 494. The molecule has 2 N–H and O–H groups in total. The van der Waals surface area contributed by atoms with Crippen LogP contribution in [0.4, 0.5) is 13.2 Å². The van der Waals surface area contributed by atoms with E-state index in [1.165, 1.54) is 17.5 Å². The molecule has 0 aliphatic carbocycles. The first-order valence-electron chi connectivity index (χ1n) is 4.79. The van der Waals surface area contributed by atoms with Gasteiger partial charge in [0.15, 0.2) is 0 Å². The number of halogens is 3. The molecule has 17 heavy (non-hydrogen) atoms. The molecule has 2 aromatic rings. The predicted molar refractivity (Wildman–Crippen MR) is 59.6 cm³/mol. The van der Waals surface area contributed by atoms with E-state index in [1.54, 1.807) is 16.8 Å². The van der Waals surface area contributed by atoms with Crippen molar-refractivity contribution in [2.75, 3.05) is 0 Å². The summed E-state index contributed by atoms with van der Waals surface area (Å²) in [6, 6.07) is 1.86. The summed E-state index contributed by atoms with van der Waals surface area (Å²) in [4.78, 5) is 3.71. The van der Waals surface area contributed by atoms with Gasteiger partial charge < -0.3 is 5.73 Å². The van der Waals surface area contributed by atoms with Crippen molar-refractivity contribution in [3.63, 3.8) is 0 Å². The maximum Gasteiger partial charge on any atom is 0.416 e. The molecule has 0 saturated carbocycles. The Morgan fingerprint density at radius 3 is 2.65 bits per heavy atom. The van der Waals surface area contributed by atoms with E-state index in [4.69, 9.17) is 5.73 Å².